The van der Waals surface area contributed by atoms with Gasteiger partial charge in [-0.05, 0) is 32.1 Å². The zero-order valence-electron chi connectivity index (χ0n) is 10.7. The number of carbonyl (C=O) groups excluding carboxylic acids is 1. The van der Waals surface area contributed by atoms with Crippen molar-refractivity contribution in [2.75, 3.05) is 6.61 Å². The van der Waals surface area contributed by atoms with E-state index in [2.05, 4.69) is 6.92 Å². The van der Waals surface area contributed by atoms with Crippen LogP contribution in [0.5, 0.6) is 0 Å². The van der Waals surface area contributed by atoms with Crippen molar-refractivity contribution < 1.29 is 14.6 Å². The van der Waals surface area contributed by atoms with Gasteiger partial charge in [-0.15, -0.1) is 0 Å². The molecule has 94 valence electrons. The number of ether oxygens (including phenoxy) is 1. The van der Waals surface area contributed by atoms with E-state index in [0.717, 1.165) is 25.7 Å². The normalized spacial score (nSPS) is 32.1. The van der Waals surface area contributed by atoms with Gasteiger partial charge < -0.3 is 9.84 Å². The van der Waals surface area contributed by atoms with E-state index < -0.39 is 5.60 Å². The first-order valence-electron chi connectivity index (χ1n) is 6.42. The lowest BCUT2D eigenvalue weighted by molar-refractivity contribution is -0.162. The maximum Gasteiger partial charge on any atom is 0.311 e. The molecule has 0 aromatic rings. The van der Waals surface area contributed by atoms with E-state index in [9.17, 15) is 9.90 Å². The molecule has 0 aromatic carbocycles. The summed E-state index contributed by atoms with van der Waals surface area (Å²) in [5, 5.41) is 10.6. The van der Waals surface area contributed by atoms with E-state index >= 15 is 0 Å². The van der Waals surface area contributed by atoms with Crippen LogP contribution in [-0.4, -0.2) is 23.3 Å². The minimum atomic E-state index is -0.835. The first kappa shape index (κ1) is 13.5. The summed E-state index contributed by atoms with van der Waals surface area (Å²) in [7, 11) is 0. The fourth-order valence-corrected chi connectivity index (χ4v) is 2.89. The minimum absolute atomic E-state index is 0.235. The molecule has 3 unspecified atom stereocenters. The summed E-state index contributed by atoms with van der Waals surface area (Å²) < 4.78 is 5.05. The first-order valence-corrected chi connectivity index (χ1v) is 6.42. The summed E-state index contributed by atoms with van der Waals surface area (Å²) in [6.45, 7) is 6.28. The van der Waals surface area contributed by atoms with Gasteiger partial charge in [0.25, 0.3) is 0 Å². The van der Waals surface area contributed by atoms with E-state index in [4.69, 9.17) is 4.74 Å². The van der Waals surface area contributed by atoms with Crippen LogP contribution in [0.2, 0.25) is 0 Å². The summed E-state index contributed by atoms with van der Waals surface area (Å²) in [6, 6.07) is 0. The molecule has 1 aliphatic carbocycles. The highest BCUT2D eigenvalue weighted by atomic mass is 16.5. The maximum atomic E-state index is 11.8. The highest BCUT2D eigenvalue weighted by molar-refractivity contribution is 5.73. The fourth-order valence-electron chi connectivity index (χ4n) is 2.89. The summed E-state index contributed by atoms with van der Waals surface area (Å²) in [4.78, 5) is 11.8. The molecular weight excluding hydrogens is 204 g/mol. The molecule has 1 rings (SSSR count). The van der Waals surface area contributed by atoms with Gasteiger partial charge in [0.2, 0.25) is 0 Å². The molecular formula is C13H24O3. The summed E-state index contributed by atoms with van der Waals surface area (Å²) in [6.07, 6.45) is 4.27. The van der Waals surface area contributed by atoms with Gasteiger partial charge in [-0.2, -0.15) is 0 Å². The smallest absolute Gasteiger partial charge is 0.311 e. The number of aliphatic hydroxyl groups is 1. The second-order valence-electron chi connectivity index (χ2n) is 5.02. The Morgan fingerprint density at radius 1 is 1.56 bits per heavy atom. The van der Waals surface area contributed by atoms with Crippen LogP contribution >= 0.6 is 0 Å². The molecule has 0 saturated heterocycles. The Bertz CT molecular complexity index is 239. The zero-order valence-corrected chi connectivity index (χ0v) is 10.7. The van der Waals surface area contributed by atoms with E-state index in [-0.39, 0.29) is 11.9 Å². The molecule has 1 fully saturated rings. The molecule has 0 spiro atoms. The minimum Gasteiger partial charge on any atom is -0.466 e. The van der Waals surface area contributed by atoms with Crippen LogP contribution in [0.3, 0.4) is 0 Å². The zero-order chi connectivity index (χ0) is 12.2. The predicted molar refractivity (Wildman–Crippen MR) is 63.0 cm³/mol. The number of rotatable bonds is 4. The van der Waals surface area contributed by atoms with Crippen molar-refractivity contribution in [3.8, 4) is 0 Å². The second-order valence-corrected chi connectivity index (χ2v) is 5.02. The van der Waals surface area contributed by atoms with Crippen molar-refractivity contribution in [1.82, 2.24) is 0 Å². The largest absolute Gasteiger partial charge is 0.466 e. The summed E-state index contributed by atoms with van der Waals surface area (Å²) >= 11 is 0. The number of esters is 1. The van der Waals surface area contributed by atoms with Crippen LogP contribution in [0.15, 0.2) is 0 Å². The van der Waals surface area contributed by atoms with Crippen molar-refractivity contribution >= 4 is 5.97 Å². The highest BCUT2D eigenvalue weighted by Crippen LogP contribution is 2.39. The van der Waals surface area contributed by atoms with Crippen molar-refractivity contribution in [1.29, 1.82) is 0 Å². The van der Waals surface area contributed by atoms with Gasteiger partial charge in [-0.1, -0.05) is 26.7 Å². The first-order chi connectivity index (χ1) is 7.53. The van der Waals surface area contributed by atoms with Gasteiger partial charge in [-0.3, -0.25) is 4.79 Å². The third-order valence-corrected chi connectivity index (χ3v) is 3.64. The van der Waals surface area contributed by atoms with Crippen LogP contribution in [0.1, 0.15) is 52.9 Å². The maximum absolute atomic E-state index is 11.8. The number of hydrogen-bond acceptors (Lipinski definition) is 3. The van der Waals surface area contributed by atoms with Crippen molar-refractivity contribution in [3.63, 3.8) is 0 Å². The third kappa shape index (κ3) is 2.97. The average Bonchev–Trinajstić information content (AvgIpc) is 2.17. The van der Waals surface area contributed by atoms with Crippen LogP contribution in [0, 0.1) is 11.8 Å². The molecule has 0 amide bonds. The Hall–Kier alpha value is -0.570. The lowest BCUT2D eigenvalue weighted by Crippen LogP contribution is -2.46. The molecule has 1 saturated carbocycles. The van der Waals surface area contributed by atoms with Gasteiger partial charge >= 0.3 is 5.97 Å². The number of carbonyl (C=O) groups is 1. The predicted octanol–water partition coefficient (Wildman–Crippen LogP) is 2.52. The molecule has 3 atom stereocenters. The molecule has 0 heterocycles. The standard InChI is InChI=1S/C13H24O3/c1-4-11(12(14)16-5-2)13(15)8-6-7-10(3)9-13/h10-11,15H,4-9H2,1-3H3. The fraction of sp³-hybridized carbons (Fsp3) is 0.923. The lowest BCUT2D eigenvalue weighted by atomic mass is 9.71. The summed E-state index contributed by atoms with van der Waals surface area (Å²) in [5.41, 5.74) is -0.835. The average molecular weight is 228 g/mol. The van der Waals surface area contributed by atoms with Gasteiger partial charge in [-0.25, -0.2) is 0 Å². The van der Waals surface area contributed by atoms with Gasteiger partial charge in [0.1, 0.15) is 0 Å². The van der Waals surface area contributed by atoms with Crippen molar-refractivity contribution in [3.05, 3.63) is 0 Å². The van der Waals surface area contributed by atoms with Crippen LogP contribution in [0.25, 0.3) is 0 Å². The Morgan fingerprint density at radius 2 is 2.25 bits per heavy atom. The summed E-state index contributed by atoms with van der Waals surface area (Å²) in [5.74, 6) is -0.0842. The van der Waals surface area contributed by atoms with E-state index in [1.807, 2.05) is 6.92 Å². The van der Waals surface area contributed by atoms with E-state index in [1.165, 1.54) is 0 Å². The highest BCUT2D eigenvalue weighted by Gasteiger charge is 2.43. The van der Waals surface area contributed by atoms with Crippen molar-refractivity contribution in [2.24, 2.45) is 11.8 Å². The van der Waals surface area contributed by atoms with Gasteiger partial charge in [0.05, 0.1) is 18.1 Å². The Morgan fingerprint density at radius 3 is 2.75 bits per heavy atom. The van der Waals surface area contributed by atoms with E-state index in [0.29, 0.717) is 18.9 Å². The Kier molecular flexibility index (Phi) is 4.78. The molecule has 0 radical (unpaired) electrons. The lowest BCUT2D eigenvalue weighted by Gasteiger charge is -2.40. The topological polar surface area (TPSA) is 46.5 Å². The van der Waals surface area contributed by atoms with Crippen LogP contribution in [0.4, 0.5) is 0 Å². The quantitative estimate of drug-likeness (QED) is 0.752. The van der Waals surface area contributed by atoms with Gasteiger partial charge in [0.15, 0.2) is 0 Å². The second kappa shape index (κ2) is 5.67. The SMILES string of the molecule is CCOC(=O)C(CC)C1(O)CCCC(C)C1. The van der Waals surface area contributed by atoms with Gasteiger partial charge in [0, 0.05) is 0 Å². The van der Waals surface area contributed by atoms with E-state index in [1.54, 1.807) is 6.92 Å². The molecule has 1 N–H and O–H groups in total. The molecule has 16 heavy (non-hydrogen) atoms. The molecule has 0 bridgehead atoms. The molecule has 0 aliphatic heterocycles. The molecule has 1 aliphatic rings. The monoisotopic (exact) mass is 228 g/mol. The molecule has 3 nitrogen and oxygen atoms in total. The van der Waals surface area contributed by atoms with Crippen molar-refractivity contribution in [2.45, 2.75) is 58.5 Å². The third-order valence-electron chi connectivity index (χ3n) is 3.64. The Balaban J connectivity index is 2.73. The Labute approximate surface area is 98.2 Å². The van der Waals surface area contributed by atoms with Crippen LogP contribution in [-0.2, 0) is 9.53 Å². The number of hydrogen-bond donors (Lipinski definition) is 1. The molecule has 0 aromatic heterocycles. The van der Waals surface area contributed by atoms with Crippen LogP contribution < -0.4 is 0 Å². The molecule has 3 heteroatoms.